The molecule has 0 saturated heterocycles. The SMILES string of the molecule is N[C@H]1CS(=O)(=O)c2ccc(C3=CCC(CC(F)(F)F)=NO3)nc2C(CCc2ccc(Cl)cc2)CC1=O. The van der Waals surface area contributed by atoms with Crippen molar-refractivity contribution in [1.29, 1.82) is 0 Å². The van der Waals surface area contributed by atoms with Gasteiger partial charge in [0.25, 0.3) is 0 Å². The van der Waals surface area contributed by atoms with Crippen LogP contribution in [0.15, 0.2) is 52.5 Å². The second-order valence-corrected chi connectivity index (χ2v) is 11.3. The van der Waals surface area contributed by atoms with Gasteiger partial charge in [-0.2, -0.15) is 13.2 Å². The Morgan fingerprint density at radius 3 is 2.50 bits per heavy atom. The Bertz CT molecular complexity index is 1330. The van der Waals surface area contributed by atoms with Gasteiger partial charge in [-0.3, -0.25) is 4.79 Å². The van der Waals surface area contributed by atoms with Crippen LogP contribution in [0, 0.1) is 0 Å². The average molecular weight is 542 g/mol. The van der Waals surface area contributed by atoms with Crippen LogP contribution in [0.1, 0.15) is 48.6 Å². The largest absolute Gasteiger partial charge is 0.394 e. The molecule has 2 N–H and O–H groups in total. The minimum absolute atomic E-state index is 0.00151. The Balaban J connectivity index is 1.66. The number of aromatic nitrogens is 1. The third-order valence-electron chi connectivity index (χ3n) is 6.02. The van der Waals surface area contributed by atoms with E-state index < -0.39 is 40.1 Å². The van der Waals surface area contributed by atoms with E-state index in [1.54, 1.807) is 12.1 Å². The van der Waals surface area contributed by atoms with Crippen LogP contribution in [-0.4, -0.2) is 42.9 Å². The number of alkyl halides is 3. The van der Waals surface area contributed by atoms with E-state index in [0.29, 0.717) is 17.9 Å². The monoisotopic (exact) mass is 541 g/mol. The Labute approximate surface area is 211 Å². The zero-order valence-corrected chi connectivity index (χ0v) is 20.5. The van der Waals surface area contributed by atoms with Crippen molar-refractivity contribution in [2.45, 2.75) is 55.1 Å². The van der Waals surface area contributed by atoms with Gasteiger partial charge in [0.15, 0.2) is 21.4 Å². The molecule has 2 aromatic rings. The standard InChI is InChI=1S/C24H23ClF3N3O4S/c25-16-5-2-14(3-6-16)1-4-15-11-20(32)18(29)13-36(33,34)22-10-8-19(30-23(15)22)21-9-7-17(31-35-21)12-24(26,27)28/h2-3,5-6,8-10,15,18H,1,4,7,11-13,29H2/t15?,18-/m0/s1. The molecule has 3 heterocycles. The number of sulfone groups is 1. The lowest BCUT2D eigenvalue weighted by molar-refractivity contribution is -0.122. The molecule has 36 heavy (non-hydrogen) atoms. The van der Waals surface area contributed by atoms with Gasteiger partial charge in [-0.15, -0.1) is 0 Å². The summed E-state index contributed by atoms with van der Waals surface area (Å²) in [6.07, 6.45) is -3.33. The Hall–Kier alpha value is -2.76. The molecule has 0 fully saturated rings. The first kappa shape index (κ1) is 26.3. The molecule has 2 aliphatic rings. The summed E-state index contributed by atoms with van der Waals surface area (Å²) in [7, 11) is -3.92. The van der Waals surface area contributed by atoms with E-state index in [-0.39, 0.29) is 46.4 Å². The highest BCUT2D eigenvalue weighted by molar-refractivity contribution is 7.91. The number of aryl methyl sites for hydroxylation is 1. The molecule has 192 valence electrons. The van der Waals surface area contributed by atoms with Crippen molar-refractivity contribution in [3.8, 4) is 0 Å². The first-order valence-corrected chi connectivity index (χ1v) is 13.2. The second-order valence-electron chi connectivity index (χ2n) is 8.81. The quantitative estimate of drug-likeness (QED) is 0.592. The van der Waals surface area contributed by atoms with Gasteiger partial charge in [0.05, 0.1) is 34.5 Å². The number of carbonyl (C=O) groups excluding carboxylic acids is 1. The number of hydrogen-bond acceptors (Lipinski definition) is 7. The molecule has 1 unspecified atom stereocenters. The number of hydrogen-bond donors (Lipinski definition) is 1. The van der Waals surface area contributed by atoms with Crippen LogP contribution in [0.3, 0.4) is 0 Å². The Morgan fingerprint density at radius 2 is 1.86 bits per heavy atom. The van der Waals surface area contributed by atoms with Gasteiger partial charge in [0, 0.05) is 23.8 Å². The first-order chi connectivity index (χ1) is 16.9. The summed E-state index contributed by atoms with van der Waals surface area (Å²) in [5.41, 5.74) is 7.07. The van der Waals surface area contributed by atoms with Crippen molar-refractivity contribution in [1.82, 2.24) is 4.98 Å². The van der Waals surface area contributed by atoms with Crippen LogP contribution in [0.5, 0.6) is 0 Å². The predicted octanol–water partition coefficient (Wildman–Crippen LogP) is 4.59. The molecule has 0 radical (unpaired) electrons. The molecule has 1 aromatic carbocycles. The molecule has 0 spiro atoms. The highest BCUT2D eigenvalue weighted by Crippen LogP contribution is 2.35. The number of pyridine rings is 1. The lowest BCUT2D eigenvalue weighted by Crippen LogP contribution is -2.40. The summed E-state index contributed by atoms with van der Waals surface area (Å²) in [5, 5.41) is 4.14. The number of rotatable bonds is 5. The zero-order chi connectivity index (χ0) is 26.1. The van der Waals surface area contributed by atoms with Crippen molar-refractivity contribution < 1.29 is 31.2 Å². The van der Waals surface area contributed by atoms with Crippen LogP contribution >= 0.6 is 11.6 Å². The highest BCUT2D eigenvalue weighted by Gasteiger charge is 2.35. The number of nitrogens with zero attached hydrogens (tertiary/aromatic N) is 2. The van der Waals surface area contributed by atoms with Crippen molar-refractivity contribution in [3.63, 3.8) is 0 Å². The van der Waals surface area contributed by atoms with Gasteiger partial charge in [-0.25, -0.2) is 13.4 Å². The number of carbonyl (C=O) groups is 1. The molecule has 2 atom stereocenters. The maximum atomic E-state index is 13.1. The number of Topliss-reactive ketones (excluding diaryl/α,β-unsaturated/α-hetero) is 1. The van der Waals surface area contributed by atoms with E-state index >= 15 is 0 Å². The van der Waals surface area contributed by atoms with Crippen LogP contribution in [0.25, 0.3) is 5.76 Å². The van der Waals surface area contributed by atoms with Crippen LogP contribution in [-0.2, 0) is 25.9 Å². The summed E-state index contributed by atoms with van der Waals surface area (Å²) >= 11 is 5.95. The van der Waals surface area contributed by atoms with Gasteiger partial charge in [0.2, 0.25) is 0 Å². The number of ketones is 1. The van der Waals surface area contributed by atoms with Gasteiger partial charge >= 0.3 is 6.18 Å². The minimum Gasteiger partial charge on any atom is -0.355 e. The second kappa shape index (κ2) is 10.3. The smallest absolute Gasteiger partial charge is 0.355 e. The molecule has 2 aliphatic heterocycles. The molecular formula is C24H23ClF3N3O4S. The number of nitrogens with two attached hydrogens (primary N) is 1. The Kier molecular flexibility index (Phi) is 7.53. The van der Waals surface area contributed by atoms with E-state index in [4.69, 9.17) is 22.2 Å². The van der Waals surface area contributed by atoms with E-state index in [0.717, 1.165) is 5.56 Å². The summed E-state index contributed by atoms with van der Waals surface area (Å²) in [4.78, 5) is 22.4. The minimum atomic E-state index is -4.41. The molecular weight excluding hydrogens is 519 g/mol. The van der Waals surface area contributed by atoms with E-state index in [2.05, 4.69) is 10.1 Å². The highest BCUT2D eigenvalue weighted by atomic mass is 35.5. The van der Waals surface area contributed by atoms with Crippen LogP contribution in [0.2, 0.25) is 5.02 Å². The normalized spacial score (nSPS) is 22.0. The maximum Gasteiger partial charge on any atom is 0.394 e. The summed E-state index contributed by atoms with van der Waals surface area (Å²) in [6, 6.07) is 8.82. The lowest BCUT2D eigenvalue weighted by Gasteiger charge is -2.25. The zero-order valence-electron chi connectivity index (χ0n) is 19.0. The first-order valence-electron chi connectivity index (χ1n) is 11.2. The molecule has 0 aliphatic carbocycles. The average Bonchev–Trinajstić information content (AvgIpc) is 2.81. The number of allylic oxidation sites excluding steroid dienone is 1. The number of fused-ring (bicyclic) bond motifs is 1. The lowest BCUT2D eigenvalue weighted by atomic mass is 9.89. The number of oxime groups is 1. The predicted molar refractivity (Wildman–Crippen MR) is 128 cm³/mol. The third-order valence-corrected chi connectivity index (χ3v) is 8.08. The fraction of sp³-hybridized carbons (Fsp3) is 0.375. The summed E-state index contributed by atoms with van der Waals surface area (Å²) in [5.74, 6) is -1.36. The topological polar surface area (TPSA) is 112 Å². The maximum absolute atomic E-state index is 13.1. The fourth-order valence-corrected chi connectivity index (χ4v) is 5.95. The molecule has 0 bridgehead atoms. The van der Waals surface area contributed by atoms with E-state index in [9.17, 15) is 26.4 Å². The molecule has 0 saturated carbocycles. The molecule has 12 heteroatoms. The fourth-order valence-electron chi connectivity index (χ4n) is 4.18. The van der Waals surface area contributed by atoms with Crippen molar-refractivity contribution in [3.05, 3.63) is 64.4 Å². The van der Waals surface area contributed by atoms with Crippen LogP contribution in [0.4, 0.5) is 13.2 Å². The van der Waals surface area contributed by atoms with Gasteiger partial charge in [-0.1, -0.05) is 28.9 Å². The molecule has 4 rings (SSSR count). The summed E-state index contributed by atoms with van der Waals surface area (Å²) in [6.45, 7) is 0. The van der Waals surface area contributed by atoms with Gasteiger partial charge in [0.1, 0.15) is 5.69 Å². The molecule has 7 nitrogen and oxygen atoms in total. The van der Waals surface area contributed by atoms with Gasteiger partial charge in [-0.05, 0) is 48.7 Å². The third kappa shape index (κ3) is 6.32. The van der Waals surface area contributed by atoms with E-state index in [1.807, 2.05) is 12.1 Å². The van der Waals surface area contributed by atoms with Crippen LogP contribution < -0.4 is 5.73 Å². The molecule has 1 aromatic heterocycles. The summed E-state index contributed by atoms with van der Waals surface area (Å²) < 4.78 is 64.0. The number of halogens is 4. The van der Waals surface area contributed by atoms with E-state index in [1.165, 1.54) is 18.2 Å². The number of benzene rings is 1. The Morgan fingerprint density at radius 1 is 1.14 bits per heavy atom. The molecule has 0 amide bonds. The van der Waals surface area contributed by atoms with Crippen molar-refractivity contribution in [2.75, 3.05) is 5.75 Å². The van der Waals surface area contributed by atoms with Crippen molar-refractivity contribution in [2.24, 2.45) is 10.9 Å². The van der Waals surface area contributed by atoms with Gasteiger partial charge < -0.3 is 10.6 Å². The van der Waals surface area contributed by atoms with Crippen molar-refractivity contribution >= 4 is 38.7 Å².